The van der Waals surface area contributed by atoms with Crippen LogP contribution in [-0.2, 0) is 4.79 Å². The van der Waals surface area contributed by atoms with Crippen molar-refractivity contribution in [1.29, 1.82) is 0 Å². The largest absolute Gasteiger partial charge is 0.337 e. The molecule has 0 saturated carbocycles. The second-order valence-corrected chi connectivity index (χ2v) is 6.73. The highest BCUT2D eigenvalue weighted by atomic mass is 16.2. The Bertz CT molecular complexity index is 727. The number of aromatic nitrogens is 4. The van der Waals surface area contributed by atoms with Crippen LogP contribution in [0.15, 0.2) is 30.3 Å². The van der Waals surface area contributed by atoms with Gasteiger partial charge < -0.3 is 4.90 Å². The number of carbonyl (C=O) groups is 1. The summed E-state index contributed by atoms with van der Waals surface area (Å²) in [5.74, 6) is 1.59. The minimum absolute atomic E-state index is 0.0207. The monoisotopic (exact) mass is 325 g/mol. The average Bonchev–Trinajstić information content (AvgIpc) is 2.98. The summed E-state index contributed by atoms with van der Waals surface area (Å²) in [6.07, 6.45) is 3.01. The summed E-state index contributed by atoms with van der Waals surface area (Å²) in [6.45, 7) is 7.73. The van der Waals surface area contributed by atoms with E-state index in [9.17, 15) is 4.79 Å². The lowest BCUT2D eigenvalue weighted by molar-refractivity contribution is -0.128. The van der Waals surface area contributed by atoms with Gasteiger partial charge in [-0.05, 0) is 47.2 Å². The number of likely N-dealkylation sites (tertiary alicyclic amines) is 1. The molecule has 2 aromatic rings. The van der Waals surface area contributed by atoms with Crippen molar-refractivity contribution in [3.05, 3.63) is 41.7 Å². The van der Waals surface area contributed by atoms with Crippen molar-refractivity contribution in [3.63, 3.8) is 0 Å². The number of aryl methyl sites for hydroxylation is 1. The maximum absolute atomic E-state index is 13.2. The van der Waals surface area contributed by atoms with E-state index in [1.54, 1.807) is 6.92 Å². The van der Waals surface area contributed by atoms with E-state index in [0.29, 0.717) is 23.4 Å². The predicted molar refractivity (Wildman–Crippen MR) is 92.7 cm³/mol. The molecule has 0 spiro atoms. The van der Waals surface area contributed by atoms with Crippen molar-refractivity contribution < 1.29 is 4.79 Å². The zero-order valence-corrected chi connectivity index (χ0v) is 14.4. The van der Waals surface area contributed by atoms with Gasteiger partial charge in [-0.2, -0.15) is 4.68 Å². The van der Waals surface area contributed by atoms with Crippen LogP contribution in [0.1, 0.15) is 31.7 Å². The van der Waals surface area contributed by atoms with Crippen molar-refractivity contribution >= 4 is 17.7 Å². The Morgan fingerprint density at radius 2 is 1.83 bits per heavy atom. The summed E-state index contributed by atoms with van der Waals surface area (Å²) < 4.78 is 1.53. The first-order valence-electron chi connectivity index (χ1n) is 8.36. The molecule has 1 fully saturated rings. The third-order valence-corrected chi connectivity index (χ3v) is 4.33. The predicted octanol–water partition coefficient (Wildman–Crippen LogP) is 2.48. The zero-order valence-electron chi connectivity index (χ0n) is 14.4. The summed E-state index contributed by atoms with van der Waals surface area (Å²) in [5, 5.41) is 11.6. The van der Waals surface area contributed by atoms with Crippen LogP contribution in [0.5, 0.6) is 0 Å². The zero-order chi connectivity index (χ0) is 17.1. The molecule has 126 valence electrons. The number of rotatable bonds is 3. The molecule has 0 aliphatic carbocycles. The first-order valence-corrected chi connectivity index (χ1v) is 8.36. The van der Waals surface area contributed by atoms with Crippen molar-refractivity contribution in [2.75, 3.05) is 13.1 Å². The first kappa shape index (κ1) is 16.4. The molecule has 0 unspecified atom stereocenters. The molecule has 0 radical (unpaired) electrons. The van der Waals surface area contributed by atoms with Crippen LogP contribution >= 0.6 is 0 Å². The Labute approximate surface area is 142 Å². The lowest BCUT2D eigenvalue weighted by atomic mass is 9.91. The Morgan fingerprint density at radius 1 is 1.17 bits per heavy atom. The summed E-state index contributed by atoms with van der Waals surface area (Å²) in [7, 11) is 0. The van der Waals surface area contributed by atoms with E-state index in [4.69, 9.17) is 0 Å². The number of hydrogen-bond donors (Lipinski definition) is 0. The van der Waals surface area contributed by atoms with Gasteiger partial charge in [0.1, 0.15) is 5.70 Å². The number of nitrogens with zero attached hydrogens (tertiary/aromatic N) is 5. The van der Waals surface area contributed by atoms with Crippen LogP contribution in [0.2, 0.25) is 0 Å². The lowest BCUT2D eigenvalue weighted by Crippen LogP contribution is -2.43. The minimum Gasteiger partial charge on any atom is -0.337 e. The maximum atomic E-state index is 13.2. The van der Waals surface area contributed by atoms with Gasteiger partial charge in [-0.25, -0.2) is 0 Å². The molecule has 6 nitrogen and oxygen atoms in total. The Kier molecular flexibility index (Phi) is 4.74. The quantitative estimate of drug-likeness (QED) is 0.813. The second-order valence-electron chi connectivity index (χ2n) is 6.73. The highest BCUT2D eigenvalue weighted by Crippen LogP contribution is 2.24. The summed E-state index contributed by atoms with van der Waals surface area (Å²) >= 11 is 0. The average molecular weight is 325 g/mol. The van der Waals surface area contributed by atoms with Crippen LogP contribution in [0.3, 0.4) is 0 Å². The normalized spacial score (nSPS) is 21.8. The van der Waals surface area contributed by atoms with E-state index in [0.717, 1.165) is 25.1 Å². The van der Waals surface area contributed by atoms with Crippen molar-refractivity contribution in [1.82, 2.24) is 25.1 Å². The fourth-order valence-corrected chi connectivity index (χ4v) is 3.37. The number of piperidine rings is 1. The fraction of sp³-hybridized carbons (Fsp3) is 0.444. The van der Waals surface area contributed by atoms with E-state index >= 15 is 0 Å². The molecule has 24 heavy (non-hydrogen) atoms. The topological polar surface area (TPSA) is 63.9 Å². The Balaban J connectivity index is 1.97. The summed E-state index contributed by atoms with van der Waals surface area (Å²) in [5.41, 5.74) is 1.44. The molecule has 6 heteroatoms. The molecular formula is C18H23N5O. The van der Waals surface area contributed by atoms with E-state index in [1.807, 2.05) is 41.3 Å². The van der Waals surface area contributed by atoms with E-state index in [2.05, 4.69) is 29.4 Å². The number of hydrogen-bond acceptors (Lipinski definition) is 4. The molecule has 1 aliphatic heterocycles. The van der Waals surface area contributed by atoms with Gasteiger partial charge in [-0.3, -0.25) is 4.79 Å². The van der Waals surface area contributed by atoms with E-state index in [-0.39, 0.29) is 5.91 Å². The third kappa shape index (κ3) is 3.53. The highest BCUT2D eigenvalue weighted by Gasteiger charge is 2.29. The number of tetrazole rings is 1. The molecule has 3 rings (SSSR count). The van der Waals surface area contributed by atoms with Gasteiger partial charge >= 0.3 is 0 Å². The standard InChI is InChI=1S/C18H23N5O/c1-13-9-14(2)12-22(11-13)18(24)17(23-15(3)19-20-21-23)10-16-7-5-4-6-8-16/h4-8,10,13-14H,9,11-12H2,1-3H3/b17-10-/t13-,14-/m1/s1. The fourth-order valence-electron chi connectivity index (χ4n) is 3.37. The van der Waals surface area contributed by atoms with Crippen molar-refractivity contribution in [2.24, 2.45) is 11.8 Å². The maximum Gasteiger partial charge on any atom is 0.272 e. The number of amides is 1. The molecule has 2 heterocycles. The smallest absolute Gasteiger partial charge is 0.272 e. The Morgan fingerprint density at radius 3 is 2.42 bits per heavy atom. The van der Waals surface area contributed by atoms with Crippen molar-refractivity contribution in [3.8, 4) is 0 Å². The SMILES string of the molecule is Cc1nnnn1/C(=C\c1ccccc1)C(=O)N1C[C@H](C)C[C@@H](C)C1. The number of benzene rings is 1. The number of carbonyl (C=O) groups excluding carboxylic acids is 1. The molecular weight excluding hydrogens is 302 g/mol. The van der Waals surface area contributed by atoms with Gasteiger partial charge in [0.05, 0.1) is 0 Å². The van der Waals surface area contributed by atoms with Gasteiger partial charge in [-0.15, -0.1) is 5.10 Å². The van der Waals surface area contributed by atoms with Gasteiger partial charge in [0.15, 0.2) is 5.82 Å². The molecule has 1 saturated heterocycles. The van der Waals surface area contributed by atoms with Gasteiger partial charge in [0, 0.05) is 13.1 Å². The van der Waals surface area contributed by atoms with Crippen LogP contribution in [-0.4, -0.2) is 44.1 Å². The van der Waals surface area contributed by atoms with Gasteiger partial charge in [0.2, 0.25) is 0 Å². The van der Waals surface area contributed by atoms with Crippen molar-refractivity contribution in [2.45, 2.75) is 27.2 Å². The molecule has 1 aliphatic rings. The summed E-state index contributed by atoms with van der Waals surface area (Å²) in [4.78, 5) is 15.1. The molecule has 1 aromatic carbocycles. The van der Waals surface area contributed by atoms with Crippen LogP contribution in [0.25, 0.3) is 11.8 Å². The molecule has 2 atom stereocenters. The van der Waals surface area contributed by atoms with Crippen LogP contribution < -0.4 is 0 Å². The van der Waals surface area contributed by atoms with Gasteiger partial charge in [-0.1, -0.05) is 44.2 Å². The second kappa shape index (κ2) is 6.95. The summed E-state index contributed by atoms with van der Waals surface area (Å²) in [6, 6.07) is 9.79. The Hall–Kier alpha value is -2.50. The molecule has 0 N–H and O–H groups in total. The molecule has 1 aromatic heterocycles. The van der Waals surface area contributed by atoms with Crippen LogP contribution in [0, 0.1) is 18.8 Å². The molecule has 1 amide bonds. The first-order chi connectivity index (χ1) is 11.5. The van der Waals surface area contributed by atoms with E-state index < -0.39 is 0 Å². The lowest BCUT2D eigenvalue weighted by Gasteiger charge is -2.35. The molecule has 0 bridgehead atoms. The van der Waals surface area contributed by atoms with Gasteiger partial charge in [0.25, 0.3) is 5.91 Å². The van der Waals surface area contributed by atoms with Crippen LogP contribution in [0.4, 0.5) is 0 Å². The van der Waals surface area contributed by atoms with E-state index in [1.165, 1.54) is 4.68 Å². The highest BCUT2D eigenvalue weighted by molar-refractivity contribution is 6.18. The third-order valence-electron chi connectivity index (χ3n) is 4.33. The minimum atomic E-state index is -0.0207.